The van der Waals surface area contributed by atoms with Crippen LogP contribution >= 0.6 is 35.4 Å². The molecule has 8 heteroatoms. The van der Waals surface area contributed by atoms with E-state index >= 15 is 0 Å². The van der Waals surface area contributed by atoms with Crippen molar-refractivity contribution in [2.75, 3.05) is 10.6 Å². The summed E-state index contributed by atoms with van der Waals surface area (Å²) in [7, 11) is 0. The van der Waals surface area contributed by atoms with Crippen molar-refractivity contribution >= 4 is 63.7 Å². The third kappa shape index (κ3) is 6.50. The first kappa shape index (κ1) is 21.2. The van der Waals surface area contributed by atoms with Crippen LogP contribution in [0.5, 0.6) is 0 Å². The number of nitrogens with one attached hydrogen (secondary N) is 3. The molecule has 0 heterocycles. The van der Waals surface area contributed by atoms with E-state index in [-0.39, 0.29) is 11.0 Å². The molecule has 0 atom stereocenters. The molecule has 0 fully saturated rings. The van der Waals surface area contributed by atoms with Crippen LogP contribution in [-0.4, -0.2) is 16.9 Å². The van der Waals surface area contributed by atoms with Crippen LogP contribution in [0, 0.1) is 5.41 Å². The van der Waals surface area contributed by atoms with Crippen LogP contribution in [0.4, 0.5) is 11.4 Å². The molecule has 0 aliphatic heterocycles. The van der Waals surface area contributed by atoms with E-state index in [1.54, 1.807) is 24.3 Å². The highest BCUT2D eigenvalue weighted by molar-refractivity contribution is 7.80. The third-order valence-corrected chi connectivity index (χ3v) is 4.05. The molecule has 2 amide bonds. The molecular formula is C19H19Cl2N3O2S. The molecule has 142 valence electrons. The highest BCUT2D eigenvalue weighted by Crippen LogP contribution is 2.21. The van der Waals surface area contributed by atoms with Gasteiger partial charge in [0.15, 0.2) is 5.11 Å². The molecule has 0 saturated carbocycles. The fraction of sp³-hybridized carbons (Fsp3) is 0.211. The SMILES string of the molecule is CC(C)(C)C(=O)Nc1cccc(NC(=S)NC(=O)c2cc(Cl)cc(Cl)c2)c1. The summed E-state index contributed by atoms with van der Waals surface area (Å²) >= 11 is 17.0. The molecule has 2 rings (SSSR count). The van der Waals surface area contributed by atoms with E-state index in [1.807, 2.05) is 20.8 Å². The van der Waals surface area contributed by atoms with Gasteiger partial charge in [0.25, 0.3) is 5.91 Å². The molecule has 2 aromatic carbocycles. The first-order valence-electron chi connectivity index (χ1n) is 8.04. The Morgan fingerprint density at radius 1 is 0.926 bits per heavy atom. The van der Waals surface area contributed by atoms with Gasteiger partial charge in [-0.25, -0.2) is 0 Å². The number of benzene rings is 2. The maximum atomic E-state index is 12.3. The van der Waals surface area contributed by atoms with Gasteiger partial charge in [0.05, 0.1) is 0 Å². The molecular weight excluding hydrogens is 405 g/mol. The first-order valence-corrected chi connectivity index (χ1v) is 9.21. The Balaban J connectivity index is 2.02. The van der Waals surface area contributed by atoms with Crippen LogP contribution in [0.3, 0.4) is 0 Å². The quantitative estimate of drug-likeness (QED) is 0.600. The van der Waals surface area contributed by atoms with Gasteiger partial charge in [0, 0.05) is 32.4 Å². The second-order valence-electron chi connectivity index (χ2n) is 6.85. The van der Waals surface area contributed by atoms with Crippen LogP contribution in [0.1, 0.15) is 31.1 Å². The third-order valence-electron chi connectivity index (χ3n) is 3.41. The van der Waals surface area contributed by atoms with Crippen molar-refractivity contribution < 1.29 is 9.59 Å². The summed E-state index contributed by atoms with van der Waals surface area (Å²) in [6.45, 7) is 5.49. The van der Waals surface area contributed by atoms with Crippen molar-refractivity contribution in [3.05, 3.63) is 58.1 Å². The fourth-order valence-corrected chi connectivity index (χ4v) is 2.75. The van der Waals surface area contributed by atoms with Crippen molar-refractivity contribution in [2.24, 2.45) is 5.41 Å². The normalized spacial score (nSPS) is 10.9. The number of thiocarbonyl (C=S) groups is 1. The van der Waals surface area contributed by atoms with Gasteiger partial charge in [0.2, 0.25) is 5.91 Å². The largest absolute Gasteiger partial charge is 0.332 e. The number of hydrogen-bond donors (Lipinski definition) is 3. The van der Waals surface area contributed by atoms with Gasteiger partial charge in [0.1, 0.15) is 0 Å². The molecule has 0 spiro atoms. The highest BCUT2D eigenvalue weighted by atomic mass is 35.5. The Labute approximate surface area is 173 Å². The van der Waals surface area contributed by atoms with Crippen LogP contribution in [0.25, 0.3) is 0 Å². The van der Waals surface area contributed by atoms with Crippen LogP contribution in [0.2, 0.25) is 10.0 Å². The van der Waals surface area contributed by atoms with Gasteiger partial charge >= 0.3 is 0 Å². The average molecular weight is 424 g/mol. The minimum Gasteiger partial charge on any atom is -0.332 e. The van der Waals surface area contributed by atoms with Crippen LogP contribution < -0.4 is 16.0 Å². The lowest BCUT2D eigenvalue weighted by molar-refractivity contribution is -0.123. The zero-order valence-corrected chi connectivity index (χ0v) is 17.4. The number of rotatable bonds is 3. The van der Waals surface area contributed by atoms with E-state index in [4.69, 9.17) is 35.4 Å². The minimum absolute atomic E-state index is 0.103. The predicted molar refractivity (Wildman–Crippen MR) is 115 cm³/mol. The van der Waals surface area contributed by atoms with Crippen molar-refractivity contribution in [1.29, 1.82) is 0 Å². The van der Waals surface area contributed by atoms with E-state index in [2.05, 4.69) is 16.0 Å². The smallest absolute Gasteiger partial charge is 0.257 e. The molecule has 0 aromatic heterocycles. The summed E-state index contributed by atoms with van der Waals surface area (Å²) in [6, 6.07) is 11.5. The van der Waals surface area contributed by atoms with E-state index in [0.29, 0.717) is 27.0 Å². The molecule has 0 aliphatic carbocycles. The summed E-state index contributed by atoms with van der Waals surface area (Å²) < 4.78 is 0. The molecule has 0 bridgehead atoms. The molecule has 3 N–H and O–H groups in total. The minimum atomic E-state index is -0.509. The first-order chi connectivity index (χ1) is 12.5. The predicted octanol–water partition coefficient (Wildman–Crippen LogP) is 5.10. The van der Waals surface area contributed by atoms with Crippen LogP contribution in [0.15, 0.2) is 42.5 Å². The lowest BCUT2D eigenvalue weighted by Crippen LogP contribution is -2.34. The monoisotopic (exact) mass is 423 g/mol. The second-order valence-corrected chi connectivity index (χ2v) is 8.13. The Morgan fingerprint density at radius 2 is 1.48 bits per heavy atom. The van der Waals surface area contributed by atoms with Crippen molar-refractivity contribution in [3.8, 4) is 0 Å². The molecule has 5 nitrogen and oxygen atoms in total. The van der Waals surface area contributed by atoms with Gasteiger partial charge in [-0.05, 0) is 48.6 Å². The van der Waals surface area contributed by atoms with Crippen LogP contribution in [-0.2, 0) is 4.79 Å². The van der Waals surface area contributed by atoms with E-state index < -0.39 is 11.3 Å². The van der Waals surface area contributed by atoms with Gasteiger partial charge in [-0.1, -0.05) is 50.0 Å². The summed E-state index contributed by atoms with van der Waals surface area (Å²) in [6.07, 6.45) is 0. The van der Waals surface area contributed by atoms with E-state index in [9.17, 15) is 9.59 Å². The van der Waals surface area contributed by atoms with Gasteiger partial charge in [-0.15, -0.1) is 0 Å². The number of anilines is 2. The molecule has 27 heavy (non-hydrogen) atoms. The van der Waals surface area contributed by atoms with E-state index in [1.165, 1.54) is 18.2 Å². The number of halogens is 2. The highest BCUT2D eigenvalue weighted by Gasteiger charge is 2.21. The Kier molecular flexibility index (Phi) is 6.81. The maximum absolute atomic E-state index is 12.3. The number of hydrogen-bond acceptors (Lipinski definition) is 3. The second kappa shape index (κ2) is 8.69. The molecule has 0 unspecified atom stereocenters. The molecule has 0 radical (unpaired) electrons. The zero-order valence-electron chi connectivity index (χ0n) is 15.0. The fourth-order valence-electron chi connectivity index (χ4n) is 2.02. The summed E-state index contributed by atoms with van der Waals surface area (Å²) in [5, 5.41) is 9.12. The number of carbonyl (C=O) groups excluding carboxylic acids is 2. The summed E-state index contributed by atoms with van der Waals surface area (Å²) in [5.41, 5.74) is 1.03. The summed E-state index contributed by atoms with van der Waals surface area (Å²) in [4.78, 5) is 24.3. The lowest BCUT2D eigenvalue weighted by Gasteiger charge is -2.18. The Morgan fingerprint density at radius 3 is 2.04 bits per heavy atom. The molecule has 2 aromatic rings. The van der Waals surface area contributed by atoms with Gasteiger partial charge in [-0.3, -0.25) is 14.9 Å². The molecule has 0 aliphatic rings. The topological polar surface area (TPSA) is 70.2 Å². The van der Waals surface area contributed by atoms with Crippen molar-refractivity contribution in [2.45, 2.75) is 20.8 Å². The zero-order chi connectivity index (χ0) is 20.2. The average Bonchev–Trinajstić information content (AvgIpc) is 2.53. The summed E-state index contributed by atoms with van der Waals surface area (Å²) in [5.74, 6) is -0.539. The van der Waals surface area contributed by atoms with Crippen molar-refractivity contribution in [3.63, 3.8) is 0 Å². The lowest BCUT2D eigenvalue weighted by atomic mass is 9.95. The Bertz CT molecular complexity index is 875. The van der Waals surface area contributed by atoms with Gasteiger partial charge in [-0.2, -0.15) is 0 Å². The van der Waals surface area contributed by atoms with E-state index in [0.717, 1.165) is 0 Å². The molecule has 0 saturated heterocycles. The van der Waals surface area contributed by atoms with Gasteiger partial charge < -0.3 is 10.6 Å². The van der Waals surface area contributed by atoms with Crippen molar-refractivity contribution in [1.82, 2.24) is 5.32 Å². The Hall–Kier alpha value is -2.15. The number of amides is 2. The number of carbonyl (C=O) groups is 2. The standard InChI is InChI=1S/C19H19Cl2N3O2S/c1-19(2,3)17(26)22-14-5-4-6-15(10-14)23-18(27)24-16(25)11-7-12(20)9-13(21)8-11/h4-10H,1-3H3,(H,22,26)(H2,23,24,25,27). The maximum Gasteiger partial charge on any atom is 0.257 e.